The minimum atomic E-state index is -1.24. The predicted molar refractivity (Wildman–Crippen MR) is 80.3 cm³/mol. The van der Waals surface area contributed by atoms with Crippen molar-refractivity contribution in [2.45, 2.75) is 24.5 Å². The van der Waals surface area contributed by atoms with Gasteiger partial charge in [0.05, 0.1) is 24.7 Å². The van der Waals surface area contributed by atoms with Crippen LogP contribution in [0.3, 0.4) is 0 Å². The van der Waals surface area contributed by atoms with Gasteiger partial charge in [0, 0.05) is 6.20 Å². The average Bonchev–Trinajstić information content (AvgIpc) is 3.28. The summed E-state index contributed by atoms with van der Waals surface area (Å²) in [5, 5.41) is 35.8. The molecule has 11 nitrogen and oxygen atoms in total. The van der Waals surface area contributed by atoms with Crippen molar-refractivity contribution in [2.75, 3.05) is 12.3 Å². The van der Waals surface area contributed by atoms with E-state index >= 15 is 0 Å². The van der Waals surface area contributed by atoms with Crippen LogP contribution in [0.25, 0.3) is 22.6 Å². The van der Waals surface area contributed by atoms with Gasteiger partial charge in [-0.1, -0.05) is 0 Å². The summed E-state index contributed by atoms with van der Waals surface area (Å²) in [7, 11) is 0. The van der Waals surface area contributed by atoms with Crippen LogP contribution >= 0.6 is 0 Å². The molecule has 0 radical (unpaired) electrons. The molecular weight excluding hydrogens is 318 g/mol. The van der Waals surface area contributed by atoms with Crippen LogP contribution < -0.4 is 5.73 Å². The summed E-state index contributed by atoms with van der Waals surface area (Å²) < 4.78 is 6.97. The smallest absolute Gasteiger partial charge is 0.168 e. The number of fused-ring (bicyclic) bond motifs is 1. The molecule has 0 saturated carbocycles. The molecular formula is C13H15N7O4. The molecule has 3 aromatic rings. The SMILES string of the molecule is Nc1nc(-c2cn[nH]c2)nc2c1ncn2C1O[C@@H](CO)[C@H](O)[C@@H]1O. The molecule has 0 aromatic carbocycles. The number of H-pyrrole nitrogens is 1. The number of hydrogen-bond donors (Lipinski definition) is 5. The molecule has 126 valence electrons. The maximum Gasteiger partial charge on any atom is 0.168 e. The summed E-state index contributed by atoms with van der Waals surface area (Å²) >= 11 is 0. The minimum absolute atomic E-state index is 0.168. The molecule has 0 bridgehead atoms. The number of hydrogen-bond acceptors (Lipinski definition) is 9. The highest BCUT2D eigenvalue weighted by molar-refractivity contribution is 5.83. The van der Waals surface area contributed by atoms with Crippen LogP contribution in [0, 0.1) is 0 Å². The Labute approximate surface area is 134 Å². The van der Waals surface area contributed by atoms with Gasteiger partial charge in [0.15, 0.2) is 23.5 Å². The Hall–Kier alpha value is -2.60. The number of aliphatic hydroxyl groups excluding tert-OH is 3. The molecule has 3 aromatic heterocycles. The highest BCUT2D eigenvalue weighted by atomic mass is 16.6. The molecule has 4 rings (SSSR count). The molecule has 1 saturated heterocycles. The Morgan fingerprint density at radius 2 is 2.12 bits per heavy atom. The molecule has 11 heteroatoms. The molecule has 1 aliphatic heterocycles. The number of nitrogens with two attached hydrogens (primary N) is 1. The number of anilines is 1. The lowest BCUT2D eigenvalue weighted by molar-refractivity contribution is -0.0511. The van der Waals surface area contributed by atoms with E-state index in [9.17, 15) is 15.3 Å². The quantitative estimate of drug-likeness (QED) is 0.379. The van der Waals surface area contributed by atoms with E-state index in [2.05, 4.69) is 25.1 Å². The molecule has 1 aliphatic rings. The summed E-state index contributed by atoms with van der Waals surface area (Å²) in [4.78, 5) is 12.7. The largest absolute Gasteiger partial charge is 0.394 e. The highest BCUT2D eigenvalue weighted by Gasteiger charge is 2.44. The van der Waals surface area contributed by atoms with E-state index in [-0.39, 0.29) is 5.82 Å². The molecule has 6 N–H and O–H groups in total. The van der Waals surface area contributed by atoms with E-state index in [0.29, 0.717) is 22.6 Å². The number of rotatable bonds is 3. The molecule has 4 atom stereocenters. The van der Waals surface area contributed by atoms with Crippen LogP contribution in [0.1, 0.15) is 6.23 Å². The summed E-state index contributed by atoms with van der Waals surface area (Å²) in [5.74, 6) is 0.504. The van der Waals surface area contributed by atoms with Crippen molar-refractivity contribution in [1.82, 2.24) is 29.7 Å². The van der Waals surface area contributed by atoms with Gasteiger partial charge in [0.25, 0.3) is 0 Å². The zero-order valence-corrected chi connectivity index (χ0v) is 12.3. The number of ether oxygens (including phenoxy) is 1. The van der Waals surface area contributed by atoms with Crippen molar-refractivity contribution in [3.05, 3.63) is 18.7 Å². The third-order valence-electron chi connectivity index (χ3n) is 4.00. The Morgan fingerprint density at radius 3 is 2.79 bits per heavy atom. The van der Waals surface area contributed by atoms with Crippen molar-refractivity contribution in [1.29, 1.82) is 0 Å². The zero-order valence-electron chi connectivity index (χ0n) is 12.3. The Kier molecular flexibility index (Phi) is 3.42. The van der Waals surface area contributed by atoms with E-state index < -0.39 is 31.1 Å². The Morgan fingerprint density at radius 1 is 1.29 bits per heavy atom. The molecule has 0 amide bonds. The maximum absolute atomic E-state index is 10.2. The van der Waals surface area contributed by atoms with Crippen molar-refractivity contribution in [2.24, 2.45) is 0 Å². The number of aromatic nitrogens is 6. The van der Waals surface area contributed by atoms with E-state index in [1.807, 2.05) is 0 Å². The first-order valence-corrected chi connectivity index (χ1v) is 7.22. The van der Waals surface area contributed by atoms with Crippen molar-refractivity contribution >= 4 is 17.0 Å². The van der Waals surface area contributed by atoms with Crippen LogP contribution in [0.15, 0.2) is 18.7 Å². The average molecular weight is 333 g/mol. The van der Waals surface area contributed by atoms with Gasteiger partial charge < -0.3 is 25.8 Å². The number of nitrogens with one attached hydrogen (secondary N) is 1. The van der Waals surface area contributed by atoms with Crippen LogP contribution in [-0.4, -0.2) is 70.0 Å². The molecule has 0 spiro atoms. The summed E-state index contributed by atoms with van der Waals surface area (Å²) in [6.07, 6.45) is 0.262. The summed E-state index contributed by atoms with van der Waals surface area (Å²) in [5.41, 5.74) is 7.27. The molecule has 1 unspecified atom stereocenters. The number of aromatic amines is 1. The first-order chi connectivity index (χ1) is 11.6. The second kappa shape index (κ2) is 5.49. The molecule has 24 heavy (non-hydrogen) atoms. The first kappa shape index (κ1) is 15.0. The van der Waals surface area contributed by atoms with Gasteiger partial charge in [0.2, 0.25) is 0 Å². The van der Waals surface area contributed by atoms with Crippen molar-refractivity contribution < 1.29 is 20.1 Å². The van der Waals surface area contributed by atoms with Gasteiger partial charge in [-0.05, 0) is 0 Å². The van der Waals surface area contributed by atoms with E-state index in [1.54, 1.807) is 12.4 Å². The number of nitrogens with zero attached hydrogens (tertiary/aromatic N) is 5. The van der Waals surface area contributed by atoms with Crippen LogP contribution in [-0.2, 0) is 4.74 Å². The zero-order chi connectivity index (χ0) is 16.8. The van der Waals surface area contributed by atoms with Gasteiger partial charge in [-0.25, -0.2) is 15.0 Å². The molecule has 4 heterocycles. The van der Waals surface area contributed by atoms with Crippen LogP contribution in [0.2, 0.25) is 0 Å². The topological polar surface area (TPSA) is 168 Å². The lowest BCUT2D eigenvalue weighted by Crippen LogP contribution is -2.33. The number of nitrogen functional groups attached to an aromatic ring is 1. The van der Waals surface area contributed by atoms with E-state index in [1.165, 1.54) is 10.9 Å². The van der Waals surface area contributed by atoms with Crippen molar-refractivity contribution in [3.8, 4) is 11.4 Å². The van der Waals surface area contributed by atoms with E-state index in [0.717, 1.165) is 0 Å². The fourth-order valence-corrected chi connectivity index (χ4v) is 2.74. The van der Waals surface area contributed by atoms with E-state index in [4.69, 9.17) is 10.5 Å². The molecule has 0 aliphatic carbocycles. The lowest BCUT2D eigenvalue weighted by Gasteiger charge is -2.16. The van der Waals surface area contributed by atoms with Crippen LogP contribution in [0.4, 0.5) is 5.82 Å². The predicted octanol–water partition coefficient (Wildman–Crippen LogP) is -1.59. The van der Waals surface area contributed by atoms with Gasteiger partial charge >= 0.3 is 0 Å². The maximum atomic E-state index is 10.2. The third-order valence-corrected chi connectivity index (χ3v) is 4.00. The number of aliphatic hydroxyl groups is 3. The van der Waals surface area contributed by atoms with Crippen LogP contribution in [0.5, 0.6) is 0 Å². The number of imidazole rings is 1. The summed E-state index contributed by atoms with van der Waals surface area (Å²) in [6.45, 7) is -0.418. The monoisotopic (exact) mass is 333 g/mol. The standard InChI is InChI=1S/C13H15N7O4/c14-10-7-12(19-11(18-10)5-1-16-17-2-5)20(4-15-7)13-9(23)8(22)6(3-21)24-13/h1-2,4,6,8-9,13,21-23H,3H2,(H,16,17)(H2,14,18,19)/t6-,8-,9-,13?/m0/s1. The van der Waals surface area contributed by atoms with Gasteiger partial charge in [0.1, 0.15) is 23.8 Å². The fraction of sp³-hybridized carbons (Fsp3) is 0.385. The minimum Gasteiger partial charge on any atom is -0.394 e. The fourth-order valence-electron chi connectivity index (χ4n) is 2.74. The summed E-state index contributed by atoms with van der Waals surface area (Å²) in [6, 6.07) is 0. The second-order valence-electron chi connectivity index (χ2n) is 5.47. The van der Waals surface area contributed by atoms with Gasteiger partial charge in [-0.3, -0.25) is 9.67 Å². The third kappa shape index (κ3) is 2.14. The van der Waals surface area contributed by atoms with Gasteiger partial charge in [-0.15, -0.1) is 0 Å². The normalized spacial score (nSPS) is 27.1. The van der Waals surface area contributed by atoms with Gasteiger partial charge in [-0.2, -0.15) is 5.10 Å². The molecule has 1 fully saturated rings. The second-order valence-corrected chi connectivity index (χ2v) is 5.47. The lowest BCUT2D eigenvalue weighted by atomic mass is 10.1. The highest BCUT2D eigenvalue weighted by Crippen LogP contribution is 2.32. The Bertz CT molecular complexity index is 865. The Balaban J connectivity index is 1.82. The van der Waals surface area contributed by atoms with Crippen molar-refractivity contribution in [3.63, 3.8) is 0 Å². The first-order valence-electron chi connectivity index (χ1n) is 7.22.